The van der Waals surface area contributed by atoms with E-state index in [4.69, 9.17) is 4.74 Å². The zero-order chi connectivity index (χ0) is 14.6. The molecular weight excluding hydrogens is 246 g/mol. The molecule has 0 aliphatic heterocycles. The van der Waals surface area contributed by atoms with Gasteiger partial charge in [0.2, 0.25) is 0 Å². The smallest absolute Gasteiger partial charge is 0.123 e. The molecule has 1 heterocycles. The summed E-state index contributed by atoms with van der Waals surface area (Å²) in [4.78, 5) is 4.42. The Hall–Kier alpha value is -1.83. The summed E-state index contributed by atoms with van der Waals surface area (Å²) in [5.74, 6) is 0.895. The molecule has 0 spiro atoms. The number of rotatable bonds is 4. The molecule has 0 atom stereocenters. The SMILES string of the molecule is Cc1ccc(CCc2cc(OC(C)(C)C)ccn2)cc1. The summed E-state index contributed by atoms with van der Waals surface area (Å²) < 4.78 is 5.87. The molecule has 0 aliphatic rings. The van der Waals surface area contributed by atoms with Crippen molar-refractivity contribution in [1.29, 1.82) is 0 Å². The number of nitrogens with zero attached hydrogens (tertiary/aromatic N) is 1. The maximum atomic E-state index is 5.87. The molecule has 1 aromatic carbocycles. The van der Waals surface area contributed by atoms with Crippen LogP contribution in [-0.2, 0) is 12.8 Å². The molecule has 2 nitrogen and oxygen atoms in total. The Labute approximate surface area is 121 Å². The highest BCUT2D eigenvalue weighted by Gasteiger charge is 2.12. The van der Waals surface area contributed by atoms with Crippen LogP contribution in [0.4, 0.5) is 0 Å². The number of pyridine rings is 1. The standard InChI is InChI=1S/C18H23NO/c1-14-5-7-15(8-6-14)9-10-16-13-17(11-12-19-16)20-18(2,3)4/h5-8,11-13H,9-10H2,1-4H3. The average molecular weight is 269 g/mol. The number of hydrogen-bond acceptors (Lipinski definition) is 2. The summed E-state index contributed by atoms with van der Waals surface area (Å²) in [5.41, 5.74) is 3.55. The molecule has 2 heteroatoms. The lowest BCUT2D eigenvalue weighted by Crippen LogP contribution is -2.23. The second-order valence-corrected chi connectivity index (χ2v) is 6.18. The topological polar surface area (TPSA) is 22.1 Å². The monoisotopic (exact) mass is 269 g/mol. The highest BCUT2D eigenvalue weighted by atomic mass is 16.5. The third-order valence-electron chi connectivity index (χ3n) is 3.00. The van der Waals surface area contributed by atoms with Crippen molar-refractivity contribution in [2.75, 3.05) is 0 Å². The van der Waals surface area contributed by atoms with Gasteiger partial charge >= 0.3 is 0 Å². The molecular formula is C18H23NO. The largest absolute Gasteiger partial charge is 0.488 e. The van der Waals surface area contributed by atoms with E-state index in [0.717, 1.165) is 24.3 Å². The summed E-state index contributed by atoms with van der Waals surface area (Å²) in [6, 6.07) is 12.6. The molecule has 1 aromatic heterocycles. The van der Waals surface area contributed by atoms with Gasteiger partial charge in [-0.25, -0.2) is 0 Å². The molecule has 20 heavy (non-hydrogen) atoms. The molecule has 0 saturated heterocycles. The second-order valence-electron chi connectivity index (χ2n) is 6.18. The second kappa shape index (κ2) is 6.08. The van der Waals surface area contributed by atoms with Gasteiger partial charge in [-0.15, -0.1) is 0 Å². The molecule has 0 saturated carbocycles. The Morgan fingerprint density at radius 1 is 1.00 bits per heavy atom. The van der Waals surface area contributed by atoms with Crippen LogP contribution in [0, 0.1) is 6.92 Å². The van der Waals surface area contributed by atoms with Crippen LogP contribution < -0.4 is 4.74 Å². The Kier molecular flexibility index (Phi) is 4.43. The molecule has 0 aliphatic carbocycles. The van der Waals surface area contributed by atoms with Crippen molar-refractivity contribution >= 4 is 0 Å². The van der Waals surface area contributed by atoms with Gasteiger partial charge in [-0.1, -0.05) is 29.8 Å². The maximum Gasteiger partial charge on any atom is 0.123 e. The zero-order valence-corrected chi connectivity index (χ0v) is 12.8. The first kappa shape index (κ1) is 14.6. The Bertz CT molecular complexity index is 552. The normalized spacial score (nSPS) is 11.4. The predicted molar refractivity (Wildman–Crippen MR) is 83.2 cm³/mol. The fourth-order valence-electron chi connectivity index (χ4n) is 2.04. The highest BCUT2D eigenvalue weighted by Crippen LogP contribution is 2.18. The molecule has 2 rings (SSSR count). The average Bonchev–Trinajstić information content (AvgIpc) is 2.36. The number of aromatic nitrogens is 1. The van der Waals surface area contributed by atoms with Crippen molar-refractivity contribution < 1.29 is 4.74 Å². The number of hydrogen-bond donors (Lipinski definition) is 0. The molecule has 0 fully saturated rings. The van der Waals surface area contributed by atoms with Crippen LogP contribution >= 0.6 is 0 Å². The van der Waals surface area contributed by atoms with Crippen molar-refractivity contribution in [2.45, 2.75) is 46.1 Å². The molecule has 2 aromatic rings. The lowest BCUT2D eigenvalue weighted by molar-refractivity contribution is 0.130. The van der Waals surface area contributed by atoms with E-state index in [0.29, 0.717) is 0 Å². The van der Waals surface area contributed by atoms with Gasteiger partial charge in [0.05, 0.1) is 0 Å². The fraction of sp³-hybridized carbons (Fsp3) is 0.389. The zero-order valence-electron chi connectivity index (χ0n) is 12.8. The van der Waals surface area contributed by atoms with Crippen LogP contribution in [0.3, 0.4) is 0 Å². The first-order valence-corrected chi connectivity index (χ1v) is 7.12. The van der Waals surface area contributed by atoms with Crippen LogP contribution in [0.2, 0.25) is 0 Å². The Balaban J connectivity index is 1.99. The molecule has 0 unspecified atom stereocenters. The number of ether oxygens (including phenoxy) is 1. The lowest BCUT2D eigenvalue weighted by atomic mass is 10.1. The van der Waals surface area contributed by atoms with Gasteiger partial charge in [-0.2, -0.15) is 0 Å². The van der Waals surface area contributed by atoms with Crippen molar-refractivity contribution in [3.8, 4) is 5.75 Å². The summed E-state index contributed by atoms with van der Waals surface area (Å²) in [6.07, 6.45) is 3.77. The molecule has 0 bridgehead atoms. The Morgan fingerprint density at radius 3 is 2.35 bits per heavy atom. The van der Waals surface area contributed by atoms with E-state index in [1.165, 1.54) is 11.1 Å². The van der Waals surface area contributed by atoms with Gasteiger partial charge in [0.1, 0.15) is 11.4 Å². The fourth-order valence-corrected chi connectivity index (χ4v) is 2.04. The van der Waals surface area contributed by atoms with E-state index >= 15 is 0 Å². The summed E-state index contributed by atoms with van der Waals surface area (Å²) in [6.45, 7) is 8.27. The van der Waals surface area contributed by atoms with E-state index in [2.05, 4.69) is 56.9 Å². The van der Waals surface area contributed by atoms with E-state index in [1.54, 1.807) is 0 Å². The molecule has 0 N–H and O–H groups in total. The Morgan fingerprint density at radius 2 is 1.70 bits per heavy atom. The minimum Gasteiger partial charge on any atom is -0.488 e. The first-order chi connectivity index (χ1) is 9.42. The van der Waals surface area contributed by atoms with Crippen LogP contribution in [0.25, 0.3) is 0 Å². The third-order valence-corrected chi connectivity index (χ3v) is 3.00. The minimum atomic E-state index is -0.171. The van der Waals surface area contributed by atoms with Crippen molar-refractivity contribution in [1.82, 2.24) is 4.98 Å². The van der Waals surface area contributed by atoms with Crippen LogP contribution in [0.15, 0.2) is 42.6 Å². The minimum absolute atomic E-state index is 0.171. The number of benzene rings is 1. The van der Waals surface area contributed by atoms with E-state index in [9.17, 15) is 0 Å². The van der Waals surface area contributed by atoms with Crippen molar-refractivity contribution in [2.24, 2.45) is 0 Å². The van der Waals surface area contributed by atoms with Crippen LogP contribution in [-0.4, -0.2) is 10.6 Å². The van der Waals surface area contributed by atoms with Gasteiger partial charge in [-0.3, -0.25) is 4.98 Å². The van der Waals surface area contributed by atoms with Gasteiger partial charge < -0.3 is 4.74 Å². The van der Waals surface area contributed by atoms with Crippen molar-refractivity contribution in [3.63, 3.8) is 0 Å². The van der Waals surface area contributed by atoms with Gasteiger partial charge in [0.15, 0.2) is 0 Å². The van der Waals surface area contributed by atoms with Gasteiger partial charge in [-0.05, 0) is 52.2 Å². The summed E-state index contributed by atoms with van der Waals surface area (Å²) in [5, 5.41) is 0. The van der Waals surface area contributed by atoms with Gasteiger partial charge in [0, 0.05) is 18.0 Å². The quantitative estimate of drug-likeness (QED) is 0.823. The lowest BCUT2D eigenvalue weighted by Gasteiger charge is -2.21. The number of aryl methyl sites for hydroxylation is 3. The van der Waals surface area contributed by atoms with E-state index in [1.807, 2.05) is 18.3 Å². The summed E-state index contributed by atoms with van der Waals surface area (Å²) in [7, 11) is 0. The third kappa shape index (κ3) is 4.69. The van der Waals surface area contributed by atoms with Crippen LogP contribution in [0.1, 0.15) is 37.6 Å². The predicted octanol–water partition coefficient (Wildman–Crippen LogP) is 4.35. The molecule has 0 amide bonds. The van der Waals surface area contributed by atoms with E-state index < -0.39 is 0 Å². The van der Waals surface area contributed by atoms with Crippen LogP contribution in [0.5, 0.6) is 5.75 Å². The maximum absolute atomic E-state index is 5.87. The summed E-state index contributed by atoms with van der Waals surface area (Å²) >= 11 is 0. The first-order valence-electron chi connectivity index (χ1n) is 7.12. The molecule has 106 valence electrons. The van der Waals surface area contributed by atoms with Gasteiger partial charge in [0.25, 0.3) is 0 Å². The molecule has 0 radical (unpaired) electrons. The highest BCUT2D eigenvalue weighted by molar-refractivity contribution is 5.25. The van der Waals surface area contributed by atoms with E-state index in [-0.39, 0.29) is 5.60 Å². The van der Waals surface area contributed by atoms with Crippen molar-refractivity contribution in [3.05, 3.63) is 59.4 Å².